The molecule has 1 amide bonds. The molecule has 2 aromatic carbocycles. The molecule has 1 atom stereocenters. The Hall–Kier alpha value is -2.80. The van der Waals surface area contributed by atoms with Crippen molar-refractivity contribution in [1.82, 2.24) is 15.1 Å². The Kier molecular flexibility index (Phi) is 3.86. The Bertz CT molecular complexity index is 1020. The number of rotatable bonds is 3. The summed E-state index contributed by atoms with van der Waals surface area (Å²) in [7, 11) is 0. The molecule has 3 aromatic rings. The van der Waals surface area contributed by atoms with E-state index in [4.69, 9.17) is 7.10 Å². The lowest BCUT2D eigenvalue weighted by atomic mass is 9.91. The highest BCUT2D eigenvalue weighted by atomic mass is 19.1. The number of nitrogens with zero attached hydrogens (tertiary/aromatic N) is 2. The molecule has 0 spiro atoms. The minimum Gasteiger partial charge on any atom is -0.366 e. The van der Waals surface area contributed by atoms with Crippen molar-refractivity contribution in [3.8, 4) is 5.69 Å². The molecule has 5 nitrogen and oxygen atoms in total. The van der Waals surface area contributed by atoms with Crippen LogP contribution in [0.2, 0.25) is 0 Å². The molecule has 0 radical (unpaired) electrons. The third-order valence-electron chi connectivity index (χ3n) is 4.63. The van der Waals surface area contributed by atoms with Crippen LogP contribution in [-0.4, -0.2) is 28.8 Å². The molecule has 134 valence electrons. The van der Waals surface area contributed by atoms with Crippen LogP contribution in [0.4, 0.5) is 8.78 Å². The number of nitrogens with one attached hydrogen (secondary N) is 1. The van der Waals surface area contributed by atoms with E-state index < -0.39 is 23.4 Å². The lowest BCUT2D eigenvalue weighted by Crippen LogP contribution is -2.28. The molecule has 0 aliphatic carbocycles. The summed E-state index contributed by atoms with van der Waals surface area (Å²) in [5.74, 6) is -3.35. The van der Waals surface area contributed by atoms with Gasteiger partial charge in [-0.05, 0) is 49.0 Å². The number of halogens is 2. The fraction of sp³-hybridized carbons (Fsp3) is 0.263. The van der Waals surface area contributed by atoms with Crippen LogP contribution < -0.4 is 11.1 Å². The molecule has 3 N–H and O–H groups in total. The summed E-state index contributed by atoms with van der Waals surface area (Å²) in [5, 5.41) is 7.81. The summed E-state index contributed by atoms with van der Waals surface area (Å²) in [4.78, 5) is 11.5. The van der Waals surface area contributed by atoms with Crippen LogP contribution in [-0.2, 0) is 0 Å². The van der Waals surface area contributed by atoms with E-state index in [0.29, 0.717) is 23.9 Å². The third kappa shape index (κ3) is 2.84. The molecular formula is C19H18F2N4O. The van der Waals surface area contributed by atoms with Crippen molar-refractivity contribution in [3.05, 3.63) is 59.3 Å². The van der Waals surface area contributed by atoms with Gasteiger partial charge in [-0.25, -0.2) is 13.5 Å². The summed E-state index contributed by atoms with van der Waals surface area (Å²) in [6.07, 6.45) is 2.75. The molecule has 4 rings (SSSR count). The minimum absolute atomic E-state index is 0.182. The first kappa shape index (κ1) is 15.5. The zero-order chi connectivity index (χ0) is 19.2. The van der Waals surface area contributed by atoms with Gasteiger partial charge in [-0.3, -0.25) is 4.79 Å². The minimum atomic E-state index is -1.06. The van der Waals surface area contributed by atoms with Crippen LogP contribution >= 0.6 is 0 Å². The number of piperidine rings is 1. The van der Waals surface area contributed by atoms with Gasteiger partial charge in [-0.2, -0.15) is 5.10 Å². The first-order valence-electron chi connectivity index (χ1n) is 8.88. The Labute approximate surface area is 150 Å². The molecule has 1 aliphatic heterocycles. The Morgan fingerprint density at radius 2 is 2.12 bits per heavy atom. The topological polar surface area (TPSA) is 72.9 Å². The first-order chi connectivity index (χ1) is 12.9. The van der Waals surface area contributed by atoms with E-state index in [9.17, 15) is 13.6 Å². The maximum Gasteiger partial charge on any atom is 0.250 e. The fourth-order valence-corrected chi connectivity index (χ4v) is 3.35. The number of hydrogen-bond donors (Lipinski definition) is 2. The Morgan fingerprint density at radius 3 is 2.77 bits per heavy atom. The summed E-state index contributed by atoms with van der Waals surface area (Å²) in [6, 6.07) is 7.21. The average molecular weight is 357 g/mol. The molecule has 0 saturated carbocycles. The zero-order valence-corrected chi connectivity index (χ0v) is 13.9. The van der Waals surface area contributed by atoms with Gasteiger partial charge in [0.05, 0.1) is 5.56 Å². The van der Waals surface area contributed by atoms with Gasteiger partial charge >= 0.3 is 0 Å². The van der Waals surface area contributed by atoms with Gasteiger partial charge in [0.1, 0.15) is 11.2 Å². The second-order valence-corrected chi connectivity index (χ2v) is 6.35. The summed E-state index contributed by atoms with van der Waals surface area (Å²) in [6.45, 7) is 1.14. The van der Waals surface area contributed by atoms with Crippen LogP contribution in [0.15, 0.2) is 36.5 Å². The van der Waals surface area contributed by atoms with Gasteiger partial charge in [-0.15, -0.1) is 0 Å². The maximum atomic E-state index is 14.8. The highest BCUT2D eigenvalue weighted by Crippen LogP contribution is 2.29. The fourth-order valence-electron chi connectivity index (χ4n) is 3.35. The molecule has 1 aliphatic rings. The molecule has 1 aromatic heterocycles. The standard InChI is InChI=1S/C19H18F2N4O/c20-15-7-13(11-4-2-6-23-9-11)8-16(21)18(15)25-10-12-3-1-5-14(19(22)26)17(12)24-25/h1,3,5,7-8,10-11,23H,2,4,6,9H2,(H2,22,26)/t11-/m0/s1/i11D. The SMILES string of the molecule is [2H][C@]1(c2cc(F)c(-n3cc4cccc(C(N)=O)c4n3)c(F)c2)CCCNC1. The van der Waals surface area contributed by atoms with Crippen molar-refractivity contribution in [2.45, 2.75) is 18.7 Å². The van der Waals surface area contributed by atoms with Crippen LogP contribution in [0.1, 0.15) is 36.0 Å². The summed E-state index contributed by atoms with van der Waals surface area (Å²) >= 11 is 0. The number of benzene rings is 2. The summed E-state index contributed by atoms with van der Waals surface area (Å²) < 4.78 is 39.2. The second-order valence-electron chi connectivity index (χ2n) is 6.35. The van der Waals surface area contributed by atoms with Crippen molar-refractivity contribution in [2.24, 2.45) is 5.73 Å². The number of nitrogens with two attached hydrogens (primary N) is 1. The smallest absolute Gasteiger partial charge is 0.250 e. The largest absolute Gasteiger partial charge is 0.366 e. The van der Waals surface area contributed by atoms with Gasteiger partial charge < -0.3 is 11.1 Å². The molecule has 0 unspecified atom stereocenters. The number of primary amides is 1. The number of hydrogen-bond acceptors (Lipinski definition) is 3. The van der Waals surface area contributed by atoms with Gasteiger partial charge in [-0.1, -0.05) is 12.1 Å². The van der Waals surface area contributed by atoms with Crippen molar-refractivity contribution in [3.63, 3.8) is 0 Å². The lowest BCUT2D eigenvalue weighted by molar-refractivity contribution is 0.100. The highest BCUT2D eigenvalue weighted by molar-refractivity contribution is 6.04. The van der Waals surface area contributed by atoms with E-state index >= 15 is 0 Å². The van der Waals surface area contributed by atoms with E-state index in [1.165, 1.54) is 24.4 Å². The van der Waals surface area contributed by atoms with E-state index in [1.54, 1.807) is 12.1 Å². The second kappa shape index (κ2) is 6.49. The predicted octanol–water partition coefficient (Wildman–Crippen LogP) is 2.87. The van der Waals surface area contributed by atoms with Crippen LogP contribution in [0, 0.1) is 11.6 Å². The molecule has 1 fully saturated rings. The number of amides is 1. The number of fused-ring (bicyclic) bond motifs is 1. The Morgan fingerprint density at radius 1 is 1.35 bits per heavy atom. The maximum absolute atomic E-state index is 14.8. The molecule has 7 heteroatoms. The van der Waals surface area contributed by atoms with Crippen LogP contribution in [0.25, 0.3) is 16.6 Å². The Balaban J connectivity index is 1.82. The van der Waals surface area contributed by atoms with Crippen molar-refractivity contribution in [2.75, 3.05) is 13.1 Å². The molecular weight excluding hydrogens is 338 g/mol. The van der Waals surface area contributed by atoms with Crippen LogP contribution in [0.5, 0.6) is 0 Å². The normalized spacial score (nSPS) is 20.9. The highest BCUT2D eigenvalue weighted by Gasteiger charge is 2.21. The quantitative estimate of drug-likeness (QED) is 0.757. The molecule has 26 heavy (non-hydrogen) atoms. The predicted molar refractivity (Wildman–Crippen MR) is 94.3 cm³/mol. The lowest BCUT2D eigenvalue weighted by Gasteiger charge is -2.23. The molecule has 0 bridgehead atoms. The van der Waals surface area contributed by atoms with Crippen LogP contribution in [0.3, 0.4) is 0 Å². The van der Waals surface area contributed by atoms with Crippen molar-refractivity contribution in [1.29, 1.82) is 0 Å². The summed E-state index contributed by atoms with van der Waals surface area (Å²) in [5.41, 5.74) is 5.75. The van der Waals surface area contributed by atoms with Gasteiger partial charge in [0.2, 0.25) is 0 Å². The van der Waals surface area contributed by atoms with Crippen molar-refractivity contribution < 1.29 is 14.9 Å². The average Bonchev–Trinajstić information content (AvgIpc) is 3.05. The molecule has 1 saturated heterocycles. The molecule has 2 heterocycles. The zero-order valence-electron chi connectivity index (χ0n) is 14.9. The number of carbonyl (C=O) groups is 1. The van der Waals surface area contributed by atoms with Gasteiger partial charge in [0, 0.05) is 19.5 Å². The number of carbonyl (C=O) groups excluding carboxylic acids is 1. The number of aromatic nitrogens is 2. The van der Waals surface area contributed by atoms with Crippen molar-refractivity contribution >= 4 is 16.8 Å². The van der Waals surface area contributed by atoms with Gasteiger partial charge in [0.25, 0.3) is 5.91 Å². The third-order valence-corrected chi connectivity index (χ3v) is 4.63. The van der Waals surface area contributed by atoms with E-state index in [0.717, 1.165) is 17.6 Å². The monoisotopic (exact) mass is 357 g/mol. The van der Waals surface area contributed by atoms with Gasteiger partial charge in [0.15, 0.2) is 11.6 Å². The van der Waals surface area contributed by atoms with E-state index in [1.807, 2.05) is 0 Å². The van der Waals surface area contributed by atoms with E-state index in [2.05, 4.69) is 10.4 Å². The first-order valence-corrected chi connectivity index (χ1v) is 8.38. The van der Waals surface area contributed by atoms with E-state index in [-0.39, 0.29) is 16.8 Å².